The van der Waals surface area contributed by atoms with Crippen molar-refractivity contribution in [3.8, 4) is 0 Å². The number of hydrogen-bond donors (Lipinski definition) is 1. The highest BCUT2D eigenvalue weighted by molar-refractivity contribution is 5.79. The average Bonchev–Trinajstić information content (AvgIpc) is 2.42. The van der Waals surface area contributed by atoms with E-state index in [2.05, 4.69) is 16.8 Å². The van der Waals surface area contributed by atoms with Crippen LogP contribution in [0.4, 0.5) is 0 Å². The third-order valence-electron chi connectivity index (χ3n) is 2.08. The van der Waals surface area contributed by atoms with Gasteiger partial charge in [-0.05, 0) is 13.5 Å². The lowest BCUT2D eigenvalue weighted by molar-refractivity contribution is 0.440. The summed E-state index contributed by atoms with van der Waals surface area (Å²) in [7, 11) is 7.83. The molecule has 4 nitrogen and oxygen atoms in total. The minimum atomic E-state index is 0.750. The molecule has 0 saturated carbocycles. The number of nitrogens with two attached hydrogens (primary N) is 1. The minimum Gasteiger partial charge on any atom is -0.349 e. The Morgan fingerprint density at radius 1 is 0.947 bits per heavy atom. The number of nitrogens with zero attached hydrogens (tertiary/aromatic N) is 3. The molecule has 110 valence electrons. The van der Waals surface area contributed by atoms with E-state index in [0.717, 1.165) is 19.0 Å². The first kappa shape index (κ1) is 19.8. The third-order valence-corrected chi connectivity index (χ3v) is 2.08. The first-order valence-corrected chi connectivity index (χ1v) is 6.60. The molecule has 2 N–H and O–H groups in total. The summed E-state index contributed by atoms with van der Waals surface area (Å²) in [6.07, 6.45) is 0. The highest BCUT2D eigenvalue weighted by Crippen LogP contribution is 1.89. The smallest absolute Gasteiger partial charge is 0.195 e. The Labute approximate surface area is 118 Å². The van der Waals surface area contributed by atoms with Gasteiger partial charge in [-0.2, -0.15) is 0 Å². The van der Waals surface area contributed by atoms with Crippen molar-refractivity contribution in [2.45, 2.75) is 13.8 Å². The quantitative estimate of drug-likeness (QED) is 0.625. The zero-order chi connectivity index (χ0) is 15.1. The molecule has 0 fully saturated rings. The molecule has 1 aromatic rings. The summed E-state index contributed by atoms with van der Waals surface area (Å²) in [4.78, 5) is 8.23. The van der Waals surface area contributed by atoms with Crippen molar-refractivity contribution in [2.24, 2.45) is 10.7 Å². The molecule has 0 aliphatic carbocycles. The van der Waals surface area contributed by atoms with Crippen molar-refractivity contribution in [1.29, 1.82) is 0 Å². The van der Waals surface area contributed by atoms with Crippen molar-refractivity contribution < 1.29 is 0 Å². The predicted octanol–water partition coefficient (Wildman–Crippen LogP) is 2.14. The number of guanidine groups is 1. The Kier molecular flexibility index (Phi) is 15.1. The molecule has 0 bridgehead atoms. The van der Waals surface area contributed by atoms with Crippen LogP contribution in [-0.4, -0.2) is 57.0 Å². The van der Waals surface area contributed by atoms with Crippen LogP contribution in [0.1, 0.15) is 13.8 Å². The van der Waals surface area contributed by atoms with Gasteiger partial charge in [0.25, 0.3) is 0 Å². The fourth-order valence-corrected chi connectivity index (χ4v) is 1.24. The molecule has 0 radical (unpaired) electrons. The number of rotatable bonds is 1. The van der Waals surface area contributed by atoms with Gasteiger partial charge in [0.2, 0.25) is 0 Å². The first-order valence-electron chi connectivity index (χ1n) is 6.60. The molecule has 0 aromatic heterocycles. The monoisotopic (exact) mass is 266 g/mol. The van der Waals surface area contributed by atoms with Crippen LogP contribution in [0.5, 0.6) is 0 Å². The number of benzene rings is 1. The largest absolute Gasteiger partial charge is 0.349 e. The zero-order valence-electron chi connectivity index (χ0n) is 13.3. The van der Waals surface area contributed by atoms with E-state index in [4.69, 9.17) is 5.73 Å². The predicted molar refractivity (Wildman–Crippen MR) is 86.5 cm³/mol. The molecule has 4 heteroatoms. The maximum atomic E-state index is 4.85. The summed E-state index contributed by atoms with van der Waals surface area (Å²) in [5, 5.41) is 0. The fraction of sp³-hybridized carbons (Fsp3) is 0.533. The van der Waals surface area contributed by atoms with Crippen LogP contribution in [0, 0.1) is 0 Å². The van der Waals surface area contributed by atoms with Gasteiger partial charge in [-0.1, -0.05) is 43.3 Å². The molecule has 0 amide bonds. The van der Waals surface area contributed by atoms with Gasteiger partial charge in [0, 0.05) is 34.7 Å². The van der Waals surface area contributed by atoms with Crippen LogP contribution in [0.15, 0.2) is 41.4 Å². The molecule has 1 rings (SSSR count). The summed E-state index contributed by atoms with van der Waals surface area (Å²) in [6, 6.07) is 12.0. The lowest BCUT2D eigenvalue weighted by atomic mass is 10.4. The topological polar surface area (TPSA) is 44.9 Å². The van der Waals surface area contributed by atoms with Gasteiger partial charge in [-0.25, -0.2) is 0 Å². The molecule has 0 aliphatic rings. The van der Waals surface area contributed by atoms with Crippen molar-refractivity contribution >= 4 is 5.96 Å². The molecule has 19 heavy (non-hydrogen) atoms. The first-order chi connectivity index (χ1) is 9.04. The van der Waals surface area contributed by atoms with E-state index in [0.29, 0.717) is 0 Å². The van der Waals surface area contributed by atoms with E-state index in [-0.39, 0.29) is 0 Å². The summed E-state index contributed by atoms with van der Waals surface area (Å²) >= 11 is 0. The third kappa shape index (κ3) is 12.7. The second-order valence-corrected chi connectivity index (χ2v) is 4.00. The van der Waals surface area contributed by atoms with E-state index in [1.807, 2.05) is 76.4 Å². The summed E-state index contributed by atoms with van der Waals surface area (Å²) in [6.45, 7) is 5.75. The van der Waals surface area contributed by atoms with Crippen molar-refractivity contribution in [3.63, 3.8) is 0 Å². The molecule has 0 heterocycles. The maximum absolute atomic E-state index is 4.85. The van der Waals surface area contributed by atoms with E-state index in [9.17, 15) is 0 Å². The Balaban J connectivity index is 0. The fourth-order valence-electron chi connectivity index (χ4n) is 1.24. The van der Waals surface area contributed by atoms with Gasteiger partial charge < -0.3 is 15.5 Å². The molecule has 0 atom stereocenters. The highest BCUT2D eigenvalue weighted by Gasteiger charge is 2.03. The lowest BCUT2D eigenvalue weighted by Crippen LogP contribution is -2.37. The van der Waals surface area contributed by atoms with Gasteiger partial charge >= 0.3 is 0 Å². The standard InChI is InChI=1S/C7H17N3.C6H6.C2H7N/c1-6-10(5)7(8-2)9(3)4;1-2-4-6-5-3-1;1-2-3/h6H2,1-5H3;1-6H;2-3H2,1H3. The molecule has 0 aliphatic heterocycles. The van der Waals surface area contributed by atoms with E-state index < -0.39 is 0 Å². The van der Waals surface area contributed by atoms with Crippen LogP contribution in [0.3, 0.4) is 0 Å². The van der Waals surface area contributed by atoms with Crippen molar-refractivity contribution in [1.82, 2.24) is 9.80 Å². The van der Waals surface area contributed by atoms with Crippen molar-refractivity contribution in [2.75, 3.05) is 41.3 Å². The number of hydrogen-bond acceptors (Lipinski definition) is 2. The molecular weight excluding hydrogens is 236 g/mol. The Morgan fingerprint density at radius 3 is 1.37 bits per heavy atom. The normalized spacial score (nSPS) is 9.53. The van der Waals surface area contributed by atoms with E-state index in [1.54, 1.807) is 0 Å². The highest BCUT2D eigenvalue weighted by atomic mass is 15.3. The van der Waals surface area contributed by atoms with Gasteiger partial charge in [-0.3, -0.25) is 4.99 Å². The summed E-state index contributed by atoms with van der Waals surface area (Å²) < 4.78 is 0. The van der Waals surface area contributed by atoms with Crippen LogP contribution in [-0.2, 0) is 0 Å². The second-order valence-electron chi connectivity index (χ2n) is 4.00. The van der Waals surface area contributed by atoms with Gasteiger partial charge in [-0.15, -0.1) is 0 Å². The molecule has 0 unspecified atom stereocenters. The zero-order valence-corrected chi connectivity index (χ0v) is 13.3. The van der Waals surface area contributed by atoms with E-state index >= 15 is 0 Å². The summed E-state index contributed by atoms with van der Waals surface area (Å²) in [5.74, 6) is 1.02. The molecule has 0 saturated heterocycles. The molecule has 0 spiro atoms. The number of aliphatic imine (C=N–C) groups is 1. The van der Waals surface area contributed by atoms with Gasteiger partial charge in [0.15, 0.2) is 5.96 Å². The van der Waals surface area contributed by atoms with Crippen LogP contribution < -0.4 is 5.73 Å². The van der Waals surface area contributed by atoms with Gasteiger partial charge in [0.1, 0.15) is 0 Å². The Morgan fingerprint density at radius 2 is 1.26 bits per heavy atom. The Hall–Kier alpha value is -1.55. The Bertz CT molecular complexity index is 270. The minimum absolute atomic E-state index is 0.750. The lowest BCUT2D eigenvalue weighted by Gasteiger charge is -2.24. The van der Waals surface area contributed by atoms with Crippen molar-refractivity contribution in [3.05, 3.63) is 36.4 Å². The van der Waals surface area contributed by atoms with Crippen LogP contribution >= 0.6 is 0 Å². The second kappa shape index (κ2) is 14.5. The van der Waals surface area contributed by atoms with E-state index in [1.165, 1.54) is 0 Å². The SMILES string of the molecule is CCN.CCN(C)C(=NC)N(C)C.c1ccccc1. The van der Waals surface area contributed by atoms with Crippen LogP contribution in [0.25, 0.3) is 0 Å². The summed E-state index contributed by atoms with van der Waals surface area (Å²) in [5.41, 5.74) is 4.85. The average molecular weight is 266 g/mol. The maximum Gasteiger partial charge on any atom is 0.195 e. The molecular formula is C15H30N4. The molecule has 1 aromatic carbocycles. The van der Waals surface area contributed by atoms with Crippen LogP contribution in [0.2, 0.25) is 0 Å². The van der Waals surface area contributed by atoms with Gasteiger partial charge in [0.05, 0.1) is 0 Å².